The maximum atomic E-state index is 11.2. The highest BCUT2D eigenvalue weighted by Crippen LogP contribution is 2.07. The van der Waals surface area contributed by atoms with Gasteiger partial charge in [0.15, 0.2) is 0 Å². The van der Waals surface area contributed by atoms with Crippen LogP contribution in [0.4, 0.5) is 0 Å². The Labute approximate surface area is 94.2 Å². The summed E-state index contributed by atoms with van der Waals surface area (Å²) in [6.07, 6.45) is 4.80. The number of carbonyl (C=O) groups excluding carboxylic acids is 1. The lowest BCUT2D eigenvalue weighted by Crippen LogP contribution is -1.98. The lowest BCUT2D eigenvalue weighted by Gasteiger charge is -1.99. The first kappa shape index (κ1) is 13.5. The van der Waals surface area contributed by atoms with Crippen molar-refractivity contribution in [2.24, 2.45) is 0 Å². The first-order valence-electron chi connectivity index (χ1n) is 4.96. The number of thioether (sulfide) groups is 1. The van der Waals surface area contributed by atoms with E-state index in [4.69, 9.17) is 0 Å². The van der Waals surface area contributed by atoms with Crippen molar-refractivity contribution in [2.45, 2.75) is 39.0 Å². The van der Waals surface area contributed by atoms with Crippen molar-refractivity contribution >= 4 is 33.5 Å². The van der Waals surface area contributed by atoms with Crippen molar-refractivity contribution in [1.82, 2.24) is 0 Å². The molecule has 0 aliphatic carbocycles. The molecule has 0 heterocycles. The van der Waals surface area contributed by atoms with Gasteiger partial charge in [0.25, 0.3) is 0 Å². The first-order valence-corrected chi connectivity index (χ1v) is 7.24. The van der Waals surface area contributed by atoms with E-state index in [-0.39, 0.29) is 0 Å². The van der Waals surface area contributed by atoms with E-state index in [1.807, 2.05) is 11.8 Å². The highest BCUT2D eigenvalue weighted by molar-refractivity contribution is 9.09. The molecule has 0 rings (SSSR count). The quantitative estimate of drug-likeness (QED) is 0.468. The second kappa shape index (κ2) is 10.6. The van der Waals surface area contributed by atoms with Crippen molar-refractivity contribution in [2.75, 3.05) is 16.8 Å². The van der Waals surface area contributed by atoms with E-state index < -0.39 is 0 Å². The van der Waals surface area contributed by atoms with Crippen LogP contribution in [0.3, 0.4) is 0 Å². The van der Waals surface area contributed by atoms with Crippen LogP contribution in [0.2, 0.25) is 0 Å². The molecular weight excluding hydrogens is 248 g/mol. The maximum absolute atomic E-state index is 11.2. The van der Waals surface area contributed by atoms with Crippen LogP contribution in [0.15, 0.2) is 0 Å². The van der Waals surface area contributed by atoms with E-state index >= 15 is 0 Å². The average molecular weight is 267 g/mol. The monoisotopic (exact) mass is 266 g/mol. The standard InChI is InChI=1S/C10H19BrOS/c1-2-13-9-4-3-6-10(12)7-5-8-11/h2-9H2,1H3. The van der Waals surface area contributed by atoms with Crippen molar-refractivity contribution < 1.29 is 4.79 Å². The fourth-order valence-electron chi connectivity index (χ4n) is 1.06. The van der Waals surface area contributed by atoms with Gasteiger partial charge in [-0.2, -0.15) is 11.8 Å². The number of hydrogen-bond donors (Lipinski definition) is 0. The van der Waals surface area contributed by atoms with Crippen molar-refractivity contribution in [3.05, 3.63) is 0 Å². The molecule has 0 spiro atoms. The summed E-state index contributed by atoms with van der Waals surface area (Å²) in [6, 6.07) is 0. The minimum absolute atomic E-state index is 0.431. The summed E-state index contributed by atoms with van der Waals surface area (Å²) >= 11 is 5.28. The number of halogens is 1. The van der Waals surface area contributed by atoms with Gasteiger partial charge >= 0.3 is 0 Å². The van der Waals surface area contributed by atoms with Gasteiger partial charge in [0.2, 0.25) is 0 Å². The molecule has 0 saturated carbocycles. The number of hydrogen-bond acceptors (Lipinski definition) is 2. The molecule has 0 bridgehead atoms. The second-order valence-electron chi connectivity index (χ2n) is 2.99. The topological polar surface area (TPSA) is 17.1 Å². The molecule has 13 heavy (non-hydrogen) atoms. The lowest BCUT2D eigenvalue weighted by atomic mass is 10.1. The van der Waals surface area contributed by atoms with E-state index in [0.717, 1.165) is 31.0 Å². The predicted molar refractivity (Wildman–Crippen MR) is 64.9 cm³/mol. The maximum Gasteiger partial charge on any atom is 0.132 e. The summed E-state index contributed by atoms with van der Waals surface area (Å²) in [5.41, 5.74) is 0. The van der Waals surface area contributed by atoms with Crippen LogP contribution in [0, 0.1) is 0 Å². The minimum atomic E-state index is 0.431. The molecule has 0 aliphatic rings. The lowest BCUT2D eigenvalue weighted by molar-refractivity contribution is -0.119. The van der Waals surface area contributed by atoms with Crippen LogP contribution in [0.25, 0.3) is 0 Å². The Morgan fingerprint density at radius 3 is 2.54 bits per heavy atom. The molecule has 0 N–H and O–H groups in total. The van der Waals surface area contributed by atoms with Crippen LogP contribution in [0.1, 0.15) is 39.0 Å². The number of carbonyl (C=O) groups is 1. The Kier molecular flexibility index (Phi) is 11.0. The zero-order valence-electron chi connectivity index (χ0n) is 8.35. The van der Waals surface area contributed by atoms with E-state index in [0.29, 0.717) is 5.78 Å². The van der Waals surface area contributed by atoms with Crippen LogP contribution < -0.4 is 0 Å². The summed E-state index contributed by atoms with van der Waals surface area (Å²) in [5, 5.41) is 0.949. The Morgan fingerprint density at radius 1 is 1.23 bits per heavy atom. The molecule has 3 heteroatoms. The van der Waals surface area contributed by atoms with Gasteiger partial charge in [0.1, 0.15) is 5.78 Å². The Balaban J connectivity index is 3.08. The third-order valence-corrected chi connectivity index (χ3v) is 3.33. The Morgan fingerprint density at radius 2 is 1.92 bits per heavy atom. The molecule has 0 aromatic rings. The van der Waals surface area contributed by atoms with E-state index in [2.05, 4.69) is 22.9 Å². The number of Topliss-reactive ketones (excluding diaryl/α,β-unsaturated/α-hetero) is 1. The summed E-state index contributed by atoms with van der Waals surface area (Å²) in [4.78, 5) is 11.2. The normalized spacial score (nSPS) is 10.3. The number of ketones is 1. The Bertz CT molecular complexity index is 128. The molecule has 0 aliphatic heterocycles. The van der Waals surface area contributed by atoms with Gasteiger partial charge in [-0.15, -0.1) is 0 Å². The van der Waals surface area contributed by atoms with Gasteiger partial charge in [-0.25, -0.2) is 0 Å². The third kappa shape index (κ3) is 10.4. The van der Waals surface area contributed by atoms with Crippen LogP contribution in [-0.2, 0) is 4.79 Å². The number of unbranched alkanes of at least 4 members (excludes halogenated alkanes) is 1. The molecule has 0 amide bonds. The molecule has 0 aromatic carbocycles. The molecule has 0 fully saturated rings. The van der Waals surface area contributed by atoms with Gasteiger partial charge in [0.05, 0.1) is 0 Å². The van der Waals surface area contributed by atoms with Crippen LogP contribution in [-0.4, -0.2) is 22.6 Å². The number of alkyl halides is 1. The molecule has 0 radical (unpaired) electrons. The summed E-state index contributed by atoms with van der Waals surface area (Å²) < 4.78 is 0. The summed E-state index contributed by atoms with van der Waals surface area (Å²) in [7, 11) is 0. The van der Waals surface area contributed by atoms with Gasteiger partial charge in [-0.05, 0) is 30.8 Å². The highest BCUT2D eigenvalue weighted by Gasteiger charge is 2.00. The van der Waals surface area contributed by atoms with Gasteiger partial charge in [-0.3, -0.25) is 4.79 Å². The van der Waals surface area contributed by atoms with Gasteiger partial charge in [-0.1, -0.05) is 22.9 Å². The second-order valence-corrected chi connectivity index (χ2v) is 5.17. The van der Waals surface area contributed by atoms with Crippen LogP contribution in [0.5, 0.6) is 0 Å². The summed E-state index contributed by atoms with van der Waals surface area (Å²) in [6.45, 7) is 2.17. The predicted octanol–water partition coefficient (Wildman–Crippen LogP) is 3.65. The van der Waals surface area contributed by atoms with Gasteiger partial charge < -0.3 is 0 Å². The van der Waals surface area contributed by atoms with Gasteiger partial charge in [0, 0.05) is 18.2 Å². The number of rotatable bonds is 9. The molecule has 0 aromatic heterocycles. The average Bonchev–Trinajstić information content (AvgIpc) is 2.14. The molecular formula is C10H19BrOS. The smallest absolute Gasteiger partial charge is 0.132 e. The minimum Gasteiger partial charge on any atom is -0.300 e. The molecule has 0 atom stereocenters. The van der Waals surface area contributed by atoms with Crippen LogP contribution >= 0.6 is 27.7 Å². The highest BCUT2D eigenvalue weighted by atomic mass is 79.9. The Hall–Kier alpha value is 0.500. The summed E-state index contributed by atoms with van der Waals surface area (Å²) in [5.74, 6) is 2.83. The fraction of sp³-hybridized carbons (Fsp3) is 0.900. The van der Waals surface area contributed by atoms with Crippen molar-refractivity contribution in [3.63, 3.8) is 0 Å². The van der Waals surface area contributed by atoms with E-state index in [1.54, 1.807) is 0 Å². The van der Waals surface area contributed by atoms with E-state index in [1.165, 1.54) is 17.9 Å². The SMILES string of the molecule is CCSCCCCC(=O)CCCBr. The van der Waals surface area contributed by atoms with E-state index in [9.17, 15) is 4.79 Å². The van der Waals surface area contributed by atoms with Crippen molar-refractivity contribution in [3.8, 4) is 0 Å². The first-order chi connectivity index (χ1) is 6.31. The molecule has 1 nitrogen and oxygen atoms in total. The van der Waals surface area contributed by atoms with Crippen molar-refractivity contribution in [1.29, 1.82) is 0 Å². The third-order valence-electron chi connectivity index (χ3n) is 1.79. The molecule has 0 saturated heterocycles. The zero-order chi connectivity index (χ0) is 9.94. The molecule has 0 unspecified atom stereocenters. The zero-order valence-corrected chi connectivity index (χ0v) is 10.8. The fourth-order valence-corrected chi connectivity index (χ4v) is 2.04. The molecule has 78 valence electrons. The largest absolute Gasteiger partial charge is 0.300 e.